The van der Waals surface area contributed by atoms with Crippen LogP contribution >= 0.6 is 0 Å². The monoisotopic (exact) mass is 624 g/mol. The molecule has 240 valence electrons. The molecular weight excluding hydrogens is 584 g/mol. The van der Waals surface area contributed by atoms with Crippen LogP contribution in [0.5, 0.6) is 0 Å². The van der Waals surface area contributed by atoms with E-state index in [1.54, 1.807) is 33.0 Å². The number of carbonyl (C=O) groups excluding carboxylic acids is 1. The summed E-state index contributed by atoms with van der Waals surface area (Å²) in [6, 6.07) is 18.2. The number of ether oxygens (including phenoxy) is 1. The molecule has 2 atom stereocenters. The molecule has 10 nitrogen and oxygen atoms in total. The number of pyridine rings is 1. The van der Waals surface area contributed by atoms with Gasteiger partial charge in [-0.1, -0.05) is 54.1 Å². The molecule has 0 radical (unpaired) electrons. The molecule has 0 aliphatic carbocycles. The summed E-state index contributed by atoms with van der Waals surface area (Å²) in [5.41, 5.74) is 5.76. The Balaban J connectivity index is 1.29. The number of allylic oxidation sites excluding steroid dienone is 2. The van der Waals surface area contributed by atoms with Crippen LogP contribution in [0.3, 0.4) is 0 Å². The van der Waals surface area contributed by atoms with Gasteiger partial charge >= 0.3 is 11.9 Å². The highest BCUT2D eigenvalue weighted by atomic mass is 16.6. The van der Waals surface area contributed by atoms with E-state index in [2.05, 4.69) is 58.9 Å². The number of benzene rings is 2. The first kappa shape index (κ1) is 33.8. The predicted octanol–water partition coefficient (Wildman–Crippen LogP) is 6.31. The molecule has 2 aromatic carbocycles. The van der Waals surface area contributed by atoms with Gasteiger partial charge in [0, 0.05) is 42.5 Å². The van der Waals surface area contributed by atoms with Crippen molar-refractivity contribution in [2.45, 2.75) is 59.0 Å². The molecular formula is C36H40N4O6. The molecule has 1 aliphatic heterocycles. The van der Waals surface area contributed by atoms with Crippen molar-refractivity contribution in [3.63, 3.8) is 0 Å². The van der Waals surface area contributed by atoms with E-state index < -0.39 is 28.9 Å². The molecule has 1 aliphatic rings. The lowest BCUT2D eigenvalue weighted by atomic mass is 9.80. The predicted molar refractivity (Wildman–Crippen MR) is 177 cm³/mol. The Bertz CT molecular complexity index is 1660. The fraction of sp³-hybridized carbons (Fsp3) is 0.306. The van der Waals surface area contributed by atoms with Crippen molar-refractivity contribution in [1.82, 2.24) is 15.6 Å². The smallest absolute Gasteiger partial charge is 0.337 e. The van der Waals surface area contributed by atoms with E-state index in [0.29, 0.717) is 23.4 Å². The Morgan fingerprint density at radius 1 is 1.09 bits per heavy atom. The number of carboxylic acid groups (broad SMARTS) is 1. The average Bonchev–Trinajstić information content (AvgIpc) is 3.01. The fourth-order valence-electron chi connectivity index (χ4n) is 5.61. The van der Waals surface area contributed by atoms with Gasteiger partial charge in [0.1, 0.15) is 0 Å². The molecule has 1 aromatic heterocycles. The topological polar surface area (TPSA) is 144 Å². The quantitative estimate of drug-likeness (QED) is 0.0814. The molecule has 0 bridgehead atoms. The molecule has 0 saturated heterocycles. The van der Waals surface area contributed by atoms with Crippen molar-refractivity contribution < 1.29 is 24.4 Å². The zero-order chi connectivity index (χ0) is 33.2. The van der Waals surface area contributed by atoms with Crippen LogP contribution < -0.4 is 10.6 Å². The Morgan fingerprint density at radius 3 is 2.50 bits per heavy atom. The van der Waals surface area contributed by atoms with Gasteiger partial charge in [-0.05, 0) is 81.8 Å². The maximum atomic E-state index is 13.5. The van der Waals surface area contributed by atoms with E-state index >= 15 is 0 Å². The minimum atomic E-state index is -1.22. The van der Waals surface area contributed by atoms with E-state index in [1.807, 2.05) is 12.3 Å². The number of carboxylic acids is 1. The van der Waals surface area contributed by atoms with Gasteiger partial charge in [-0.2, -0.15) is 0 Å². The number of aromatic nitrogens is 1. The Morgan fingerprint density at radius 2 is 1.83 bits per heavy atom. The number of nitrogens with one attached hydrogen (secondary N) is 2. The molecule has 3 N–H and O–H groups in total. The lowest BCUT2D eigenvalue weighted by molar-refractivity contribution is -0.384. The number of carbonyl (C=O) groups is 2. The van der Waals surface area contributed by atoms with Crippen LogP contribution in [-0.2, 0) is 20.7 Å². The third-order valence-corrected chi connectivity index (χ3v) is 7.83. The van der Waals surface area contributed by atoms with Crippen molar-refractivity contribution in [2.24, 2.45) is 0 Å². The van der Waals surface area contributed by atoms with Crippen molar-refractivity contribution in [3.8, 4) is 0 Å². The second-order valence-corrected chi connectivity index (χ2v) is 11.6. The summed E-state index contributed by atoms with van der Waals surface area (Å²) in [4.78, 5) is 40.8. The van der Waals surface area contributed by atoms with Crippen LogP contribution in [0.2, 0.25) is 0 Å². The van der Waals surface area contributed by atoms with E-state index in [9.17, 15) is 24.8 Å². The van der Waals surface area contributed by atoms with Crippen molar-refractivity contribution >= 4 is 23.7 Å². The maximum absolute atomic E-state index is 13.5. The number of rotatable bonds is 14. The van der Waals surface area contributed by atoms with Crippen molar-refractivity contribution in [2.75, 3.05) is 13.1 Å². The zero-order valence-electron chi connectivity index (χ0n) is 26.6. The summed E-state index contributed by atoms with van der Waals surface area (Å²) in [5.74, 6) is -2.90. The number of nitro benzene ring substituents is 1. The summed E-state index contributed by atoms with van der Waals surface area (Å²) in [7, 11) is 0. The number of esters is 1. The van der Waals surface area contributed by atoms with Crippen LogP contribution in [0.1, 0.15) is 68.7 Å². The van der Waals surface area contributed by atoms with Gasteiger partial charge in [0.15, 0.2) is 0 Å². The summed E-state index contributed by atoms with van der Waals surface area (Å²) >= 11 is 0. The number of nitrogens with zero attached hydrogens (tertiary/aromatic N) is 2. The molecule has 10 heteroatoms. The maximum Gasteiger partial charge on any atom is 0.337 e. The Hall–Kier alpha value is -5.09. The van der Waals surface area contributed by atoms with Crippen molar-refractivity contribution in [1.29, 1.82) is 0 Å². The number of nitro groups is 1. The van der Waals surface area contributed by atoms with Gasteiger partial charge in [-0.25, -0.2) is 9.59 Å². The lowest BCUT2D eigenvalue weighted by Gasteiger charge is -2.30. The number of hydrogen-bond acceptors (Lipinski definition) is 8. The number of dihydropyridines is 1. The standard InChI is InChI=1S/C36H40N4O6/c1-23(18-27-12-14-28(15-13-27)19-29-9-7-17-38-22-29)21-37-16-6-8-24(2)46-36(43)33-26(4)39-25(3)32(35(41)42)34(33)30-10-5-11-31(20-30)40(44)45/h5,7,9-15,17-18,20,22,24,34,37,39H,6,8,16,19,21H2,1-4H3,(H,41,42). The van der Waals surface area contributed by atoms with Gasteiger partial charge in [-0.15, -0.1) is 0 Å². The first-order chi connectivity index (χ1) is 22.0. The Kier molecular flexibility index (Phi) is 11.6. The normalized spacial score (nSPS) is 15.7. The van der Waals surface area contributed by atoms with Gasteiger partial charge < -0.3 is 20.5 Å². The molecule has 0 saturated carbocycles. The Labute approximate surface area is 269 Å². The van der Waals surface area contributed by atoms with E-state index in [0.717, 1.165) is 31.5 Å². The average molecular weight is 625 g/mol. The summed E-state index contributed by atoms with van der Waals surface area (Å²) in [6.45, 7) is 8.60. The number of hydrogen-bond donors (Lipinski definition) is 3. The summed E-state index contributed by atoms with van der Waals surface area (Å²) in [5, 5.41) is 27.8. The highest BCUT2D eigenvalue weighted by Crippen LogP contribution is 2.40. The second-order valence-electron chi connectivity index (χ2n) is 11.6. The van der Waals surface area contributed by atoms with Crippen LogP contribution in [-0.4, -0.2) is 46.1 Å². The van der Waals surface area contributed by atoms with E-state index in [-0.39, 0.29) is 16.8 Å². The van der Waals surface area contributed by atoms with Gasteiger partial charge in [-0.3, -0.25) is 15.1 Å². The highest BCUT2D eigenvalue weighted by molar-refractivity contribution is 5.99. The van der Waals surface area contributed by atoms with Crippen molar-refractivity contribution in [3.05, 3.63) is 134 Å². The lowest BCUT2D eigenvalue weighted by Crippen LogP contribution is -2.33. The molecule has 0 amide bonds. The van der Waals surface area contributed by atoms with Gasteiger partial charge in [0.25, 0.3) is 5.69 Å². The third-order valence-electron chi connectivity index (χ3n) is 7.83. The molecule has 2 unspecified atom stereocenters. The minimum Gasteiger partial charge on any atom is -0.478 e. The van der Waals surface area contributed by atoms with E-state index in [1.165, 1.54) is 34.9 Å². The molecule has 4 rings (SSSR count). The van der Waals surface area contributed by atoms with Crippen LogP contribution in [0, 0.1) is 10.1 Å². The first-order valence-electron chi connectivity index (χ1n) is 15.3. The third kappa shape index (κ3) is 8.98. The molecule has 2 heterocycles. The van der Waals surface area contributed by atoms with Crippen LogP contribution in [0.4, 0.5) is 5.69 Å². The molecule has 0 spiro atoms. The van der Waals surface area contributed by atoms with E-state index in [4.69, 9.17) is 4.74 Å². The van der Waals surface area contributed by atoms with Gasteiger partial charge in [0.2, 0.25) is 0 Å². The molecule has 3 aromatic rings. The van der Waals surface area contributed by atoms with Gasteiger partial charge in [0.05, 0.1) is 28.1 Å². The largest absolute Gasteiger partial charge is 0.478 e. The highest BCUT2D eigenvalue weighted by Gasteiger charge is 2.38. The fourth-order valence-corrected chi connectivity index (χ4v) is 5.61. The zero-order valence-corrected chi connectivity index (χ0v) is 26.6. The SMILES string of the molecule is CC(=Cc1ccc(Cc2cccnc2)cc1)CNCCCC(C)OC(=O)C1=C(C)NC(C)=C(C(=O)O)C1c1cccc([N+](=O)[O-])c1. The van der Waals surface area contributed by atoms with Crippen LogP contribution in [0.15, 0.2) is 101 Å². The van der Waals surface area contributed by atoms with Crippen LogP contribution in [0.25, 0.3) is 6.08 Å². The minimum absolute atomic E-state index is 0.0565. The molecule has 0 fully saturated rings. The first-order valence-corrected chi connectivity index (χ1v) is 15.3. The summed E-state index contributed by atoms with van der Waals surface area (Å²) < 4.78 is 5.78. The number of aliphatic carboxylic acids is 1. The molecule has 46 heavy (non-hydrogen) atoms. The number of non-ortho nitro benzene ring substituents is 1. The summed E-state index contributed by atoms with van der Waals surface area (Å²) in [6.07, 6.45) is 7.59. The second kappa shape index (κ2) is 15.8.